The number of anilines is 1. The van der Waals surface area contributed by atoms with Crippen LogP contribution in [0.5, 0.6) is 0 Å². The van der Waals surface area contributed by atoms with Crippen LogP contribution in [0.4, 0.5) is 27.6 Å². The zero-order chi connectivity index (χ0) is 32.9. The molecule has 2 aromatic heterocycles. The molecular formula is C31H18ClF5N6O2S. The number of halogens is 6. The Morgan fingerprint density at radius 1 is 1.02 bits per heavy atom. The van der Waals surface area contributed by atoms with Gasteiger partial charge in [-0.1, -0.05) is 11.6 Å². The maximum absolute atomic E-state index is 14.1. The monoisotopic (exact) mass is 668 g/mol. The van der Waals surface area contributed by atoms with Gasteiger partial charge in [0.05, 0.1) is 16.2 Å². The molecular weight excluding hydrogens is 651 g/mol. The Bertz CT molecular complexity index is 2110. The van der Waals surface area contributed by atoms with Crippen LogP contribution >= 0.6 is 23.4 Å². The Morgan fingerprint density at radius 3 is 2.54 bits per heavy atom. The van der Waals surface area contributed by atoms with Crippen LogP contribution in [0, 0.1) is 29.9 Å². The van der Waals surface area contributed by atoms with Gasteiger partial charge in [0.2, 0.25) is 0 Å². The van der Waals surface area contributed by atoms with E-state index >= 15 is 0 Å². The molecule has 15 heteroatoms. The fourth-order valence-corrected chi connectivity index (χ4v) is 6.20. The topological polar surface area (TPSA) is 112 Å². The predicted octanol–water partition coefficient (Wildman–Crippen LogP) is 7.32. The molecule has 1 unspecified atom stereocenters. The minimum atomic E-state index is -4.90. The smallest absolute Gasteiger partial charge is 0.339 e. The van der Waals surface area contributed by atoms with E-state index in [1.807, 2.05) is 0 Å². The van der Waals surface area contributed by atoms with Gasteiger partial charge in [-0.05, 0) is 84.3 Å². The van der Waals surface area contributed by atoms with E-state index in [-0.39, 0.29) is 39.4 Å². The van der Waals surface area contributed by atoms with Crippen LogP contribution in [-0.2, 0) is 6.18 Å². The van der Waals surface area contributed by atoms with Gasteiger partial charge in [-0.25, -0.2) is 18.3 Å². The third kappa shape index (κ3) is 5.99. The minimum Gasteiger partial charge on any atom is -0.339 e. The summed E-state index contributed by atoms with van der Waals surface area (Å²) in [6, 6.07) is 13.5. The molecule has 0 aliphatic carbocycles. The number of carbonyl (C=O) groups excluding carboxylic acids is 2. The van der Waals surface area contributed by atoms with Crippen molar-refractivity contribution in [1.29, 1.82) is 5.26 Å². The molecule has 1 fully saturated rings. The van der Waals surface area contributed by atoms with Crippen LogP contribution in [0.2, 0.25) is 5.02 Å². The van der Waals surface area contributed by atoms with Crippen molar-refractivity contribution in [3.05, 3.63) is 117 Å². The Balaban J connectivity index is 1.39. The molecule has 1 aliphatic heterocycles. The molecule has 6 rings (SSSR count). The fraction of sp³-hybridized carbons (Fsp3) is 0.129. The van der Waals surface area contributed by atoms with Gasteiger partial charge in [-0.3, -0.25) is 9.59 Å². The van der Waals surface area contributed by atoms with E-state index in [0.29, 0.717) is 33.9 Å². The summed E-state index contributed by atoms with van der Waals surface area (Å²) in [7, 11) is 0. The van der Waals surface area contributed by atoms with E-state index in [9.17, 15) is 36.8 Å². The van der Waals surface area contributed by atoms with E-state index in [0.717, 1.165) is 0 Å². The first kappa shape index (κ1) is 31.0. The Labute approximate surface area is 266 Å². The van der Waals surface area contributed by atoms with Crippen LogP contribution in [0.3, 0.4) is 0 Å². The lowest BCUT2D eigenvalue weighted by molar-refractivity contribution is -0.137. The van der Waals surface area contributed by atoms with Crippen molar-refractivity contribution in [2.24, 2.45) is 0 Å². The van der Waals surface area contributed by atoms with Gasteiger partial charge in [-0.2, -0.15) is 23.5 Å². The van der Waals surface area contributed by atoms with Crippen LogP contribution in [-0.4, -0.2) is 31.8 Å². The van der Waals surface area contributed by atoms with Crippen molar-refractivity contribution in [1.82, 2.24) is 19.9 Å². The SMILES string of the molecule is Cc1c(NC(=O)c2cc(F)cc(C(F)(F)F)c2)cc(-c2ccc3ncnn3c2C#N)cc1C(=O)NC1S[C@H]1c1cc(F)ccc1Cl. The molecule has 2 N–H and O–H groups in total. The van der Waals surface area contributed by atoms with E-state index in [4.69, 9.17) is 11.6 Å². The van der Waals surface area contributed by atoms with Gasteiger partial charge in [0, 0.05) is 27.4 Å². The zero-order valence-corrected chi connectivity index (χ0v) is 24.9. The second-order valence-electron chi connectivity index (χ2n) is 10.2. The van der Waals surface area contributed by atoms with E-state index in [1.165, 1.54) is 59.9 Å². The van der Waals surface area contributed by atoms with Gasteiger partial charge >= 0.3 is 6.18 Å². The molecule has 2 amide bonds. The lowest BCUT2D eigenvalue weighted by atomic mass is 9.96. The maximum Gasteiger partial charge on any atom is 0.416 e. The summed E-state index contributed by atoms with van der Waals surface area (Å²) in [6.45, 7) is 1.51. The number of benzene rings is 3. The van der Waals surface area contributed by atoms with Crippen molar-refractivity contribution < 1.29 is 31.5 Å². The Morgan fingerprint density at radius 2 is 1.80 bits per heavy atom. The summed E-state index contributed by atoms with van der Waals surface area (Å²) in [6.07, 6.45) is -3.65. The molecule has 2 atom stereocenters. The first-order valence-corrected chi connectivity index (χ1v) is 14.6. The lowest BCUT2D eigenvalue weighted by Gasteiger charge is -2.17. The largest absolute Gasteiger partial charge is 0.416 e. The van der Waals surface area contributed by atoms with Gasteiger partial charge in [0.25, 0.3) is 11.8 Å². The van der Waals surface area contributed by atoms with Gasteiger partial charge < -0.3 is 10.6 Å². The van der Waals surface area contributed by atoms with Crippen molar-refractivity contribution in [3.8, 4) is 17.2 Å². The third-order valence-corrected chi connectivity index (χ3v) is 8.81. The predicted molar refractivity (Wildman–Crippen MR) is 160 cm³/mol. The first-order chi connectivity index (χ1) is 21.8. The van der Waals surface area contributed by atoms with Crippen LogP contribution < -0.4 is 10.6 Å². The summed E-state index contributed by atoms with van der Waals surface area (Å²) in [4.78, 5) is 30.9. The lowest BCUT2D eigenvalue weighted by Crippen LogP contribution is -2.27. The summed E-state index contributed by atoms with van der Waals surface area (Å²) in [5, 5.41) is 18.9. The molecule has 1 aliphatic rings. The van der Waals surface area contributed by atoms with Crippen LogP contribution in [0.1, 0.15) is 48.4 Å². The van der Waals surface area contributed by atoms with Gasteiger partial charge in [0.1, 0.15) is 24.0 Å². The highest BCUT2D eigenvalue weighted by Crippen LogP contribution is 2.55. The number of nitrogens with one attached hydrogen (secondary N) is 2. The Hall–Kier alpha value is -5.00. The maximum atomic E-state index is 14.1. The highest BCUT2D eigenvalue weighted by atomic mass is 35.5. The molecule has 1 saturated heterocycles. The number of amides is 2. The van der Waals surface area contributed by atoms with Gasteiger partial charge in [0.15, 0.2) is 11.3 Å². The molecule has 0 radical (unpaired) electrons. The van der Waals surface area contributed by atoms with E-state index in [1.54, 1.807) is 12.1 Å². The van der Waals surface area contributed by atoms with E-state index < -0.39 is 46.1 Å². The number of nitriles is 1. The first-order valence-electron chi connectivity index (χ1n) is 13.3. The summed E-state index contributed by atoms with van der Waals surface area (Å²) < 4.78 is 69.2. The fourth-order valence-electron chi connectivity index (χ4n) is 4.94. The standard InChI is InChI=1S/C31H18ClF5N6O2S/c1-14-21(29(45)42-30-27(46-30)22-11-18(33)2-4-23(22)32)8-15(20-3-5-26-39-13-40-43(26)25(20)12-38)9-24(14)41-28(44)16-6-17(31(35,36)37)10-19(34)7-16/h2-11,13,27,30H,1H3,(H,41,44)(H,42,45)/t27-,30?/m0/s1. The zero-order valence-electron chi connectivity index (χ0n) is 23.3. The quantitative estimate of drug-likeness (QED) is 0.145. The average Bonchev–Trinajstić information content (AvgIpc) is 3.59. The molecule has 5 aromatic rings. The molecule has 0 spiro atoms. The van der Waals surface area contributed by atoms with Crippen molar-refractivity contribution in [3.63, 3.8) is 0 Å². The second kappa shape index (κ2) is 11.7. The van der Waals surface area contributed by atoms with E-state index in [2.05, 4.69) is 26.8 Å². The third-order valence-electron chi connectivity index (χ3n) is 7.27. The van der Waals surface area contributed by atoms with Crippen LogP contribution in [0.25, 0.3) is 16.8 Å². The number of hydrogen-bond acceptors (Lipinski definition) is 6. The number of aromatic nitrogens is 3. The number of hydrogen-bond donors (Lipinski definition) is 2. The molecule has 3 heterocycles. The van der Waals surface area contributed by atoms with Gasteiger partial charge in [-0.15, -0.1) is 11.8 Å². The number of nitrogens with zero attached hydrogens (tertiary/aromatic N) is 4. The molecule has 3 aromatic carbocycles. The van der Waals surface area contributed by atoms with Crippen LogP contribution in [0.15, 0.2) is 67.0 Å². The summed E-state index contributed by atoms with van der Waals surface area (Å²) in [5.41, 5.74) is -0.129. The molecule has 0 bridgehead atoms. The van der Waals surface area contributed by atoms with Crippen molar-refractivity contribution >= 4 is 46.5 Å². The number of rotatable bonds is 6. The average molecular weight is 669 g/mol. The number of carbonyl (C=O) groups is 2. The minimum absolute atomic E-state index is 0.0150. The van der Waals surface area contributed by atoms with Crippen molar-refractivity contribution in [2.75, 3.05) is 5.32 Å². The summed E-state index contributed by atoms with van der Waals surface area (Å²) >= 11 is 7.56. The Kier molecular flexibility index (Phi) is 7.91. The number of fused-ring (bicyclic) bond motifs is 1. The summed E-state index contributed by atoms with van der Waals surface area (Å²) in [5.74, 6) is -3.41. The second-order valence-corrected chi connectivity index (χ2v) is 11.9. The number of alkyl halides is 3. The molecule has 46 heavy (non-hydrogen) atoms. The number of thioether (sulfide) groups is 1. The highest BCUT2D eigenvalue weighted by molar-refractivity contribution is 8.07. The highest BCUT2D eigenvalue weighted by Gasteiger charge is 2.42. The molecule has 8 nitrogen and oxygen atoms in total. The number of pyridine rings is 1. The van der Waals surface area contributed by atoms with Crippen molar-refractivity contribution in [2.45, 2.75) is 23.7 Å². The normalized spacial score (nSPS) is 15.8. The molecule has 232 valence electrons. The molecule has 0 saturated carbocycles.